The quantitative estimate of drug-likeness (QED) is 0.456. The van der Waals surface area contributed by atoms with Crippen molar-refractivity contribution in [1.82, 2.24) is 0 Å². The largest absolute Gasteiger partial charge is 0.459 e. The number of hydrogen-bond acceptors (Lipinski definition) is 4. The first-order valence-corrected chi connectivity index (χ1v) is 10.8. The molecule has 0 radical (unpaired) electrons. The lowest BCUT2D eigenvalue weighted by atomic mass is 9.77. The van der Waals surface area contributed by atoms with Crippen LogP contribution in [0.5, 0.6) is 0 Å². The van der Waals surface area contributed by atoms with Crippen molar-refractivity contribution in [3.8, 4) is 0 Å². The van der Waals surface area contributed by atoms with Crippen molar-refractivity contribution in [2.24, 2.45) is 11.8 Å². The summed E-state index contributed by atoms with van der Waals surface area (Å²) in [6.45, 7) is 12.5. The third-order valence-electron chi connectivity index (χ3n) is 5.44. The van der Waals surface area contributed by atoms with Gasteiger partial charge in [-0.3, -0.25) is 9.59 Å². The van der Waals surface area contributed by atoms with Gasteiger partial charge in [-0.05, 0) is 37.9 Å². The van der Waals surface area contributed by atoms with E-state index in [9.17, 15) is 9.59 Å². The van der Waals surface area contributed by atoms with E-state index in [0.717, 1.165) is 19.3 Å². The predicted molar refractivity (Wildman–Crippen MR) is 83.5 cm³/mol. The van der Waals surface area contributed by atoms with E-state index >= 15 is 0 Å². The van der Waals surface area contributed by atoms with Gasteiger partial charge in [0.15, 0.2) is 8.32 Å². The Morgan fingerprint density at radius 3 is 2.43 bits per heavy atom. The highest BCUT2D eigenvalue weighted by Gasteiger charge is 2.53. The van der Waals surface area contributed by atoms with Gasteiger partial charge in [-0.25, -0.2) is 0 Å². The predicted octanol–water partition coefficient (Wildman–Crippen LogP) is 3.31. The van der Waals surface area contributed by atoms with E-state index in [2.05, 4.69) is 33.9 Å². The van der Waals surface area contributed by atoms with Crippen LogP contribution < -0.4 is 0 Å². The molecule has 2 aliphatic rings. The van der Waals surface area contributed by atoms with Gasteiger partial charge in [0, 0.05) is 5.92 Å². The average Bonchev–Trinajstić information content (AvgIpc) is 2.64. The highest BCUT2D eigenvalue weighted by molar-refractivity contribution is 6.74. The van der Waals surface area contributed by atoms with Gasteiger partial charge in [-0.15, -0.1) is 0 Å². The number of carbonyl (C=O) groups excluding carboxylic acids is 2. The monoisotopic (exact) mass is 312 g/mol. The van der Waals surface area contributed by atoms with Crippen molar-refractivity contribution in [3.05, 3.63) is 0 Å². The smallest absolute Gasteiger partial charge is 0.317 e. The van der Waals surface area contributed by atoms with E-state index in [-0.39, 0.29) is 34.9 Å². The first kappa shape index (κ1) is 16.7. The lowest BCUT2D eigenvalue weighted by Crippen LogP contribution is -2.49. The number of hydrogen-bond donors (Lipinski definition) is 0. The van der Waals surface area contributed by atoms with Crippen LogP contribution in [0.15, 0.2) is 0 Å². The van der Waals surface area contributed by atoms with Crippen LogP contribution in [0.2, 0.25) is 18.1 Å². The Morgan fingerprint density at radius 1 is 1.29 bits per heavy atom. The molecule has 0 spiro atoms. The number of rotatable bonds is 3. The second-order valence-corrected chi connectivity index (χ2v) is 12.8. The van der Waals surface area contributed by atoms with Gasteiger partial charge in [0.05, 0.1) is 6.10 Å². The zero-order chi connectivity index (χ0) is 16.0. The molecule has 0 aromatic heterocycles. The van der Waals surface area contributed by atoms with Gasteiger partial charge in [-0.1, -0.05) is 27.2 Å². The molecule has 1 aliphatic carbocycles. The number of esters is 1. The molecule has 4 atom stereocenters. The Balaban J connectivity index is 2.17. The van der Waals surface area contributed by atoms with E-state index < -0.39 is 14.2 Å². The molecule has 21 heavy (non-hydrogen) atoms. The number of ketones is 1. The Labute approximate surface area is 128 Å². The maximum Gasteiger partial charge on any atom is 0.317 e. The van der Waals surface area contributed by atoms with Crippen LogP contribution in [0, 0.1) is 11.8 Å². The third-order valence-corrected chi connectivity index (χ3v) is 9.94. The Bertz CT molecular complexity index is 438. The third kappa shape index (κ3) is 3.09. The topological polar surface area (TPSA) is 52.6 Å². The fourth-order valence-corrected chi connectivity index (χ4v) is 4.57. The zero-order valence-corrected chi connectivity index (χ0v) is 15.1. The van der Waals surface area contributed by atoms with Crippen LogP contribution in [-0.2, 0) is 18.8 Å². The summed E-state index contributed by atoms with van der Waals surface area (Å²) < 4.78 is 12.0. The summed E-state index contributed by atoms with van der Waals surface area (Å²) in [5, 5.41) is 0.128. The SMILES string of the molecule is CC(=O)[C@@H]1C(=O)O[C@@H]2[C@H]1CCC[C@H]2O[Si](C)(C)C(C)(C)C. The number of Topliss-reactive ketones (excluding diaryl/α,β-unsaturated/α-hetero) is 1. The summed E-state index contributed by atoms with van der Waals surface area (Å²) in [5.74, 6) is -0.969. The molecule has 2 rings (SSSR count). The van der Waals surface area contributed by atoms with E-state index in [1.165, 1.54) is 6.92 Å². The van der Waals surface area contributed by atoms with Crippen LogP contribution in [0.1, 0.15) is 47.0 Å². The molecule has 0 aromatic carbocycles. The molecule has 0 bridgehead atoms. The summed E-state index contributed by atoms with van der Waals surface area (Å²) in [6, 6.07) is 0. The molecule has 0 aromatic rings. The average molecular weight is 312 g/mol. The lowest BCUT2D eigenvalue weighted by Gasteiger charge is -2.43. The number of fused-ring (bicyclic) bond motifs is 1. The van der Waals surface area contributed by atoms with Crippen LogP contribution >= 0.6 is 0 Å². The van der Waals surface area contributed by atoms with E-state index in [1.54, 1.807) is 0 Å². The number of carbonyl (C=O) groups is 2. The van der Waals surface area contributed by atoms with Gasteiger partial charge < -0.3 is 9.16 Å². The Hall–Kier alpha value is -0.683. The molecule has 0 N–H and O–H groups in total. The van der Waals surface area contributed by atoms with Crippen LogP contribution in [0.3, 0.4) is 0 Å². The van der Waals surface area contributed by atoms with Crippen molar-refractivity contribution in [3.63, 3.8) is 0 Å². The fraction of sp³-hybridized carbons (Fsp3) is 0.875. The first-order chi connectivity index (χ1) is 9.54. The minimum absolute atomic E-state index is 0.0125. The van der Waals surface area contributed by atoms with Gasteiger partial charge in [0.25, 0.3) is 0 Å². The minimum atomic E-state index is -1.90. The van der Waals surface area contributed by atoms with Crippen LogP contribution in [0.25, 0.3) is 0 Å². The molecule has 5 heteroatoms. The van der Waals surface area contributed by atoms with Gasteiger partial charge in [0.1, 0.15) is 17.8 Å². The molecule has 0 unspecified atom stereocenters. The fourth-order valence-electron chi connectivity index (χ4n) is 3.21. The van der Waals surface area contributed by atoms with E-state index in [0.29, 0.717) is 0 Å². The molecular weight excluding hydrogens is 284 g/mol. The summed E-state index contributed by atoms with van der Waals surface area (Å²) in [7, 11) is -1.90. The molecule has 120 valence electrons. The molecule has 1 saturated carbocycles. The number of ether oxygens (including phenoxy) is 1. The van der Waals surface area contributed by atoms with Crippen molar-refractivity contribution in [2.45, 2.75) is 77.3 Å². The van der Waals surface area contributed by atoms with Crippen molar-refractivity contribution in [1.29, 1.82) is 0 Å². The van der Waals surface area contributed by atoms with Gasteiger partial charge in [-0.2, -0.15) is 0 Å². The van der Waals surface area contributed by atoms with Gasteiger partial charge in [0.2, 0.25) is 0 Å². The standard InChI is InChI=1S/C16H28O4Si/c1-10(17)13-11-8-7-9-12(14(11)19-15(13)18)20-21(5,6)16(2,3)4/h11-14H,7-9H2,1-6H3/t11-,12+,13-,14+/m0/s1. The first-order valence-electron chi connectivity index (χ1n) is 7.93. The molecule has 1 aliphatic heterocycles. The van der Waals surface area contributed by atoms with Crippen molar-refractivity contribution < 1.29 is 18.8 Å². The van der Waals surface area contributed by atoms with Gasteiger partial charge >= 0.3 is 5.97 Å². The second-order valence-electron chi connectivity index (χ2n) is 8.00. The van der Waals surface area contributed by atoms with Crippen LogP contribution in [0.4, 0.5) is 0 Å². The van der Waals surface area contributed by atoms with Crippen molar-refractivity contribution >= 4 is 20.1 Å². The Morgan fingerprint density at radius 2 is 1.90 bits per heavy atom. The molecule has 1 heterocycles. The zero-order valence-electron chi connectivity index (χ0n) is 14.1. The van der Waals surface area contributed by atoms with Crippen LogP contribution in [-0.4, -0.2) is 32.3 Å². The summed E-state index contributed by atoms with van der Waals surface area (Å²) in [4.78, 5) is 23.7. The minimum Gasteiger partial charge on any atom is -0.459 e. The van der Waals surface area contributed by atoms with E-state index in [1.807, 2.05) is 0 Å². The molecular formula is C16H28O4Si. The van der Waals surface area contributed by atoms with E-state index in [4.69, 9.17) is 9.16 Å². The summed E-state index contributed by atoms with van der Waals surface area (Å²) >= 11 is 0. The Kier molecular flexibility index (Phi) is 4.37. The maximum absolute atomic E-state index is 12.0. The normalized spacial score (nSPS) is 33.5. The molecule has 0 amide bonds. The van der Waals surface area contributed by atoms with Crippen molar-refractivity contribution in [2.75, 3.05) is 0 Å². The molecule has 2 fully saturated rings. The highest BCUT2D eigenvalue weighted by atomic mass is 28.4. The molecule has 1 saturated heterocycles. The maximum atomic E-state index is 12.0. The second kappa shape index (κ2) is 5.50. The molecule has 4 nitrogen and oxygen atoms in total. The lowest BCUT2D eigenvalue weighted by molar-refractivity contribution is -0.149. The highest BCUT2D eigenvalue weighted by Crippen LogP contribution is 2.44. The summed E-state index contributed by atoms with van der Waals surface area (Å²) in [5.41, 5.74) is 0. The summed E-state index contributed by atoms with van der Waals surface area (Å²) in [6.07, 6.45) is 2.54.